The normalized spacial score (nSPS) is 11.1. The van der Waals surface area contributed by atoms with Gasteiger partial charge >= 0.3 is 6.01 Å². The van der Waals surface area contributed by atoms with Crippen LogP contribution >= 0.6 is 11.8 Å². The summed E-state index contributed by atoms with van der Waals surface area (Å²) in [6.07, 6.45) is 0.0322. The molecule has 2 N–H and O–H groups in total. The number of hydrogen-bond acceptors (Lipinski definition) is 6. The molecule has 5 nitrogen and oxygen atoms in total. The van der Waals surface area contributed by atoms with Crippen molar-refractivity contribution in [1.82, 2.24) is 15.0 Å². The molecule has 1 heterocycles. The van der Waals surface area contributed by atoms with Gasteiger partial charge in [0.2, 0.25) is 5.95 Å². The molecule has 0 saturated carbocycles. The molecule has 0 radical (unpaired) electrons. The summed E-state index contributed by atoms with van der Waals surface area (Å²) < 4.78 is 5.39. The van der Waals surface area contributed by atoms with Crippen molar-refractivity contribution in [3.8, 4) is 6.01 Å². The first-order chi connectivity index (χ1) is 7.47. The van der Waals surface area contributed by atoms with Crippen LogP contribution in [0.15, 0.2) is 5.16 Å². The number of nitrogen functional groups attached to an aromatic ring is 1. The fraction of sp³-hybridized carbons (Fsp3) is 0.700. The maximum Gasteiger partial charge on any atom is 0.322 e. The number of nitrogens with two attached hydrogens (primary N) is 1. The van der Waals surface area contributed by atoms with Gasteiger partial charge in [-0.15, -0.1) is 0 Å². The van der Waals surface area contributed by atoms with Crippen LogP contribution in [-0.2, 0) is 0 Å². The average molecular weight is 242 g/mol. The smallest absolute Gasteiger partial charge is 0.322 e. The van der Waals surface area contributed by atoms with Gasteiger partial charge in [-0.2, -0.15) is 15.0 Å². The third-order valence-corrected chi connectivity index (χ3v) is 2.77. The molecule has 0 atom stereocenters. The number of thioether (sulfide) groups is 1. The predicted octanol–water partition coefficient (Wildman–Crippen LogP) is 1.99. The highest BCUT2D eigenvalue weighted by Gasteiger charge is 2.08. The van der Waals surface area contributed by atoms with Crippen LogP contribution in [0, 0.1) is 5.92 Å². The molecular formula is C10H18N4OS. The molecule has 6 heteroatoms. The Morgan fingerprint density at radius 3 is 2.44 bits per heavy atom. The average Bonchev–Trinajstić information content (AvgIpc) is 2.12. The Morgan fingerprint density at radius 1 is 1.19 bits per heavy atom. The Morgan fingerprint density at radius 2 is 1.88 bits per heavy atom. The summed E-state index contributed by atoms with van der Waals surface area (Å²) in [7, 11) is 0. The minimum absolute atomic E-state index is 0.0322. The van der Waals surface area contributed by atoms with Gasteiger partial charge in [0.1, 0.15) is 0 Å². The number of nitrogens with zero attached hydrogens (tertiary/aromatic N) is 3. The third-order valence-electron chi connectivity index (χ3n) is 1.50. The fourth-order valence-corrected chi connectivity index (χ4v) is 1.71. The van der Waals surface area contributed by atoms with Gasteiger partial charge in [0.15, 0.2) is 5.16 Å². The van der Waals surface area contributed by atoms with Gasteiger partial charge in [0.25, 0.3) is 0 Å². The first kappa shape index (κ1) is 13.0. The largest absolute Gasteiger partial charge is 0.461 e. The van der Waals surface area contributed by atoms with Crippen molar-refractivity contribution in [2.24, 2.45) is 5.92 Å². The predicted molar refractivity (Wildman–Crippen MR) is 65.6 cm³/mol. The van der Waals surface area contributed by atoms with Crippen LogP contribution in [0.5, 0.6) is 6.01 Å². The SMILES string of the molecule is CC(C)CSc1nc(N)nc(OC(C)C)n1. The number of rotatable bonds is 5. The maximum atomic E-state index is 5.59. The van der Waals surface area contributed by atoms with Gasteiger partial charge in [-0.1, -0.05) is 25.6 Å². The van der Waals surface area contributed by atoms with E-state index in [1.807, 2.05) is 13.8 Å². The molecule has 0 spiro atoms. The molecule has 1 rings (SSSR count). The van der Waals surface area contributed by atoms with Gasteiger partial charge < -0.3 is 10.5 Å². The summed E-state index contributed by atoms with van der Waals surface area (Å²) in [5.41, 5.74) is 5.59. The van der Waals surface area contributed by atoms with Crippen LogP contribution in [-0.4, -0.2) is 26.8 Å². The standard InChI is InChI=1S/C10H18N4OS/c1-6(2)5-16-10-13-8(11)12-9(14-10)15-7(3)4/h6-7H,5H2,1-4H3,(H2,11,12,13,14). The summed E-state index contributed by atoms with van der Waals surface area (Å²) in [6, 6.07) is 0.300. The van der Waals surface area contributed by atoms with Crippen LogP contribution in [0.25, 0.3) is 0 Å². The second kappa shape index (κ2) is 5.89. The topological polar surface area (TPSA) is 73.9 Å². The fourth-order valence-electron chi connectivity index (χ4n) is 0.922. The second-order valence-electron chi connectivity index (χ2n) is 4.13. The van der Waals surface area contributed by atoms with Gasteiger partial charge in [-0.3, -0.25) is 0 Å². The zero-order valence-electron chi connectivity index (χ0n) is 10.1. The molecular weight excluding hydrogens is 224 g/mol. The first-order valence-electron chi connectivity index (χ1n) is 5.28. The molecule has 0 bridgehead atoms. The van der Waals surface area contributed by atoms with Crippen molar-refractivity contribution < 1.29 is 4.74 Å². The molecule has 0 saturated heterocycles. The lowest BCUT2D eigenvalue weighted by Crippen LogP contribution is -2.11. The van der Waals surface area contributed by atoms with Gasteiger partial charge in [0.05, 0.1) is 6.10 Å². The highest BCUT2D eigenvalue weighted by atomic mass is 32.2. The molecule has 16 heavy (non-hydrogen) atoms. The lowest BCUT2D eigenvalue weighted by Gasteiger charge is -2.09. The first-order valence-corrected chi connectivity index (χ1v) is 6.27. The Kier molecular flexibility index (Phi) is 4.79. The molecule has 0 aliphatic rings. The zero-order chi connectivity index (χ0) is 12.1. The molecule has 1 aromatic heterocycles. The maximum absolute atomic E-state index is 5.59. The van der Waals surface area contributed by atoms with E-state index >= 15 is 0 Å². The number of anilines is 1. The molecule has 0 amide bonds. The van der Waals surface area contributed by atoms with E-state index in [1.165, 1.54) is 0 Å². The summed E-state index contributed by atoms with van der Waals surface area (Å²) in [6.45, 7) is 8.12. The molecule has 1 aromatic rings. The van der Waals surface area contributed by atoms with Crippen LogP contribution in [0.2, 0.25) is 0 Å². The second-order valence-corrected chi connectivity index (χ2v) is 5.12. The van der Waals surface area contributed by atoms with E-state index in [-0.39, 0.29) is 12.1 Å². The highest BCUT2D eigenvalue weighted by molar-refractivity contribution is 7.99. The Balaban J connectivity index is 2.73. The van der Waals surface area contributed by atoms with E-state index in [0.29, 0.717) is 17.1 Å². The molecule has 0 aromatic carbocycles. The minimum atomic E-state index is 0.0322. The monoisotopic (exact) mass is 242 g/mol. The highest BCUT2D eigenvalue weighted by Crippen LogP contribution is 2.19. The van der Waals surface area contributed by atoms with Crippen LogP contribution in [0.4, 0.5) is 5.95 Å². The van der Waals surface area contributed by atoms with Crippen LogP contribution < -0.4 is 10.5 Å². The third kappa shape index (κ3) is 4.65. The van der Waals surface area contributed by atoms with Crippen LogP contribution in [0.3, 0.4) is 0 Å². The molecule has 0 fully saturated rings. The quantitative estimate of drug-likeness (QED) is 0.796. The Labute approximate surface area is 100 Å². The Hall–Kier alpha value is -1.04. The number of aromatic nitrogens is 3. The molecule has 0 aliphatic heterocycles. The molecule has 0 unspecified atom stereocenters. The summed E-state index contributed by atoms with van der Waals surface area (Å²) >= 11 is 1.56. The minimum Gasteiger partial charge on any atom is -0.461 e. The zero-order valence-corrected chi connectivity index (χ0v) is 10.9. The molecule has 90 valence electrons. The van der Waals surface area contributed by atoms with Gasteiger partial charge in [0, 0.05) is 5.75 Å². The number of ether oxygens (including phenoxy) is 1. The van der Waals surface area contributed by atoms with Crippen LogP contribution in [0.1, 0.15) is 27.7 Å². The number of hydrogen-bond donors (Lipinski definition) is 1. The van der Waals surface area contributed by atoms with Crippen molar-refractivity contribution in [3.63, 3.8) is 0 Å². The van der Waals surface area contributed by atoms with Crippen molar-refractivity contribution in [1.29, 1.82) is 0 Å². The van der Waals surface area contributed by atoms with E-state index in [2.05, 4.69) is 28.8 Å². The lowest BCUT2D eigenvalue weighted by atomic mass is 10.3. The van der Waals surface area contributed by atoms with E-state index in [0.717, 1.165) is 5.75 Å². The van der Waals surface area contributed by atoms with E-state index in [4.69, 9.17) is 10.5 Å². The Bertz CT molecular complexity index is 344. The molecule has 0 aliphatic carbocycles. The van der Waals surface area contributed by atoms with E-state index in [9.17, 15) is 0 Å². The van der Waals surface area contributed by atoms with Crippen molar-refractivity contribution in [3.05, 3.63) is 0 Å². The van der Waals surface area contributed by atoms with E-state index in [1.54, 1.807) is 11.8 Å². The van der Waals surface area contributed by atoms with Crippen molar-refractivity contribution in [2.75, 3.05) is 11.5 Å². The van der Waals surface area contributed by atoms with Gasteiger partial charge in [-0.05, 0) is 19.8 Å². The van der Waals surface area contributed by atoms with Gasteiger partial charge in [-0.25, -0.2) is 0 Å². The lowest BCUT2D eigenvalue weighted by molar-refractivity contribution is 0.219. The van der Waals surface area contributed by atoms with E-state index < -0.39 is 0 Å². The summed E-state index contributed by atoms with van der Waals surface area (Å²) in [5, 5.41) is 0.622. The van der Waals surface area contributed by atoms with Crippen molar-refractivity contribution in [2.45, 2.75) is 39.0 Å². The summed E-state index contributed by atoms with van der Waals surface area (Å²) in [4.78, 5) is 12.2. The van der Waals surface area contributed by atoms with Crippen molar-refractivity contribution >= 4 is 17.7 Å². The summed E-state index contributed by atoms with van der Waals surface area (Å²) in [5.74, 6) is 1.74.